The Kier molecular flexibility index (Phi) is 22.6. The second-order valence-electron chi connectivity index (χ2n) is 16.0. The summed E-state index contributed by atoms with van der Waals surface area (Å²) in [6, 6.07) is -5.21. The van der Waals surface area contributed by atoms with Crippen molar-refractivity contribution < 1.29 is 78.3 Å². The predicted octanol–water partition coefficient (Wildman–Crippen LogP) is -5.37. The van der Waals surface area contributed by atoms with Gasteiger partial charge in [0.15, 0.2) is 6.04 Å². The third-order valence-corrected chi connectivity index (χ3v) is 9.97. The lowest BCUT2D eigenvalue weighted by atomic mass is 9.99. The molecule has 0 saturated carbocycles. The average Bonchev–Trinajstić information content (AvgIpc) is 3.77. The number of benzene rings is 1. The number of hydrogen-bond donors (Lipinski definition) is 15. The maximum atomic E-state index is 13.9. The van der Waals surface area contributed by atoms with Crippen LogP contribution < -0.4 is 48.7 Å². The number of nitrogens with one attached hydrogen (secondary N) is 8. The molecule has 374 valence electrons. The van der Waals surface area contributed by atoms with E-state index in [1.54, 1.807) is 30.3 Å². The second-order valence-corrected chi connectivity index (χ2v) is 16.0. The standard InChI is InChI=1S/C41H59N11O16/c1-18(2)32(51-37(63)24(12-21-8-6-5-7-9-21)50-39(65)31(43)19(3)53)40(66)46-23(10-11-29(56)57)34(60)48-26(14-28(42)55)36(62)47-25(13-22-16-44-17-45-22)35(61)49-27(15-30(58)59)38(64)52-33(20(4)54)41(67)68/h5-9,16-20,23-27,31-33,53-54H,10-15,43H2,1-4H3,(H2,42,55)(H,44,45)(H,46,66)(H,47,62)(H,48,60)(H,49,61)(H,50,65)(H,51,63)(H,52,64)(H,56,57)(H,58,59)(H,67,68). The molecule has 1 aromatic heterocycles. The largest absolute Gasteiger partial charge is 0.481 e. The zero-order chi connectivity index (χ0) is 51.4. The monoisotopic (exact) mass is 961 g/mol. The van der Waals surface area contributed by atoms with Crippen LogP contribution in [0.4, 0.5) is 0 Å². The van der Waals surface area contributed by atoms with E-state index in [9.17, 15) is 78.3 Å². The zero-order valence-corrected chi connectivity index (χ0v) is 37.5. The van der Waals surface area contributed by atoms with Gasteiger partial charge >= 0.3 is 17.9 Å². The molecule has 0 aliphatic heterocycles. The summed E-state index contributed by atoms with van der Waals surface area (Å²) in [5, 5.41) is 63.8. The Bertz CT molecular complexity index is 2100. The molecule has 0 aliphatic rings. The van der Waals surface area contributed by atoms with Crippen molar-refractivity contribution in [2.24, 2.45) is 17.4 Å². The number of nitrogens with two attached hydrogens (primary N) is 2. The van der Waals surface area contributed by atoms with Crippen LogP contribution in [0.3, 0.4) is 0 Å². The van der Waals surface area contributed by atoms with Crippen molar-refractivity contribution in [2.75, 3.05) is 0 Å². The highest BCUT2D eigenvalue weighted by atomic mass is 16.4. The summed E-state index contributed by atoms with van der Waals surface area (Å²) in [4.78, 5) is 148. The Balaban J connectivity index is 2.43. The molecule has 2 aromatic rings. The number of hydrogen-bond acceptors (Lipinski definition) is 15. The van der Waals surface area contributed by atoms with E-state index < -0.39 is 164 Å². The number of carboxylic acid groups (broad SMARTS) is 3. The molecule has 1 aromatic carbocycles. The summed E-state index contributed by atoms with van der Waals surface area (Å²) in [5.74, 6) is -14.5. The molecule has 0 spiro atoms. The van der Waals surface area contributed by atoms with Gasteiger partial charge in [0, 0.05) is 31.2 Å². The van der Waals surface area contributed by atoms with Crippen LogP contribution in [-0.2, 0) is 65.6 Å². The van der Waals surface area contributed by atoms with Crippen LogP contribution in [0.2, 0.25) is 0 Å². The Morgan fingerprint density at radius 1 is 0.588 bits per heavy atom. The maximum Gasteiger partial charge on any atom is 0.328 e. The number of aliphatic hydroxyl groups is 2. The number of carbonyl (C=O) groups is 11. The summed E-state index contributed by atoms with van der Waals surface area (Å²) in [7, 11) is 0. The fraction of sp³-hybridized carbons (Fsp3) is 0.512. The fourth-order valence-electron chi connectivity index (χ4n) is 6.21. The van der Waals surface area contributed by atoms with Gasteiger partial charge in [-0.25, -0.2) is 9.78 Å². The molecule has 2 rings (SSSR count). The van der Waals surface area contributed by atoms with Crippen LogP contribution in [0.25, 0.3) is 0 Å². The van der Waals surface area contributed by atoms with Crippen LogP contribution in [0.1, 0.15) is 64.6 Å². The van der Waals surface area contributed by atoms with Crippen LogP contribution in [0.15, 0.2) is 42.9 Å². The fourth-order valence-corrected chi connectivity index (χ4v) is 6.21. The maximum absolute atomic E-state index is 13.9. The molecule has 10 unspecified atom stereocenters. The van der Waals surface area contributed by atoms with Crippen molar-refractivity contribution in [3.63, 3.8) is 0 Å². The molecule has 0 saturated heterocycles. The first-order chi connectivity index (χ1) is 31.8. The number of carbonyl (C=O) groups excluding carboxylic acids is 8. The minimum absolute atomic E-state index is 0.0931. The summed E-state index contributed by atoms with van der Waals surface area (Å²) >= 11 is 0. The predicted molar refractivity (Wildman–Crippen MR) is 233 cm³/mol. The molecule has 27 heteroatoms. The van der Waals surface area contributed by atoms with E-state index in [0.717, 1.165) is 6.92 Å². The topological polar surface area (TPSA) is 454 Å². The lowest BCUT2D eigenvalue weighted by molar-refractivity contribution is -0.146. The van der Waals surface area contributed by atoms with Crippen molar-refractivity contribution in [2.45, 2.75) is 127 Å². The summed E-state index contributed by atoms with van der Waals surface area (Å²) in [5.41, 5.74) is 11.9. The first kappa shape index (κ1) is 56.6. The van der Waals surface area contributed by atoms with Crippen LogP contribution in [0, 0.1) is 5.92 Å². The van der Waals surface area contributed by atoms with Gasteiger partial charge in [0.05, 0.1) is 31.4 Å². The molecule has 8 amide bonds. The van der Waals surface area contributed by atoms with Gasteiger partial charge in [-0.15, -0.1) is 0 Å². The number of nitrogens with zero attached hydrogens (tertiary/aromatic N) is 1. The van der Waals surface area contributed by atoms with Gasteiger partial charge in [0.1, 0.15) is 42.3 Å². The molecule has 27 nitrogen and oxygen atoms in total. The second kappa shape index (κ2) is 27.2. The van der Waals surface area contributed by atoms with Crippen LogP contribution in [-0.4, -0.2) is 161 Å². The molecule has 0 bridgehead atoms. The number of carboxylic acids is 3. The van der Waals surface area contributed by atoms with Gasteiger partial charge in [-0.2, -0.15) is 0 Å². The number of aromatic amines is 1. The molecule has 17 N–H and O–H groups in total. The third kappa shape index (κ3) is 19.1. The van der Waals surface area contributed by atoms with Crippen LogP contribution >= 0.6 is 0 Å². The summed E-state index contributed by atoms with van der Waals surface area (Å²) in [6.45, 7) is 5.33. The van der Waals surface area contributed by atoms with Crippen molar-refractivity contribution >= 4 is 65.2 Å². The molecule has 0 radical (unpaired) electrons. The van der Waals surface area contributed by atoms with E-state index in [1.165, 1.54) is 33.3 Å². The van der Waals surface area contributed by atoms with Gasteiger partial charge < -0.3 is 79.2 Å². The summed E-state index contributed by atoms with van der Waals surface area (Å²) < 4.78 is 0. The summed E-state index contributed by atoms with van der Waals surface area (Å²) in [6.07, 6.45) is -4.49. The van der Waals surface area contributed by atoms with Crippen molar-refractivity contribution in [3.8, 4) is 0 Å². The number of aromatic nitrogens is 2. The Morgan fingerprint density at radius 3 is 1.57 bits per heavy atom. The smallest absolute Gasteiger partial charge is 0.328 e. The number of aliphatic carboxylic acids is 3. The average molecular weight is 962 g/mol. The van der Waals surface area contributed by atoms with Crippen LogP contribution in [0.5, 0.6) is 0 Å². The van der Waals surface area contributed by atoms with E-state index in [2.05, 4.69) is 41.9 Å². The van der Waals surface area contributed by atoms with Crippen molar-refractivity contribution in [3.05, 3.63) is 54.1 Å². The molecule has 10 atom stereocenters. The first-order valence-corrected chi connectivity index (χ1v) is 21.0. The zero-order valence-electron chi connectivity index (χ0n) is 37.5. The lowest BCUT2D eigenvalue weighted by Crippen LogP contribution is -2.61. The van der Waals surface area contributed by atoms with E-state index in [4.69, 9.17) is 11.5 Å². The van der Waals surface area contributed by atoms with Crippen molar-refractivity contribution in [1.29, 1.82) is 0 Å². The molecular formula is C41H59N11O16. The highest BCUT2D eigenvalue weighted by Gasteiger charge is 2.37. The minimum Gasteiger partial charge on any atom is -0.481 e. The van der Waals surface area contributed by atoms with E-state index >= 15 is 0 Å². The van der Waals surface area contributed by atoms with Gasteiger partial charge in [0.25, 0.3) is 0 Å². The molecular weight excluding hydrogens is 903 g/mol. The van der Waals surface area contributed by atoms with Gasteiger partial charge in [-0.1, -0.05) is 44.2 Å². The SMILES string of the molecule is CC(C)C(NC(=O)C(Cc1ccccc1)NC(=O)C(N)C(C)O)C(=O)NC(CCC(=O)O)C(=O)NC(CC(N)=O)C(=O)NC(Cc1cnc[nH]1)C(=O)NC(CC(=O)O)C(=O)NC(C(=O)O)C(C)O. The molecule has 68 heavy (non-hydrogen) atoms. The number of amides is 8. The van der Waals surface area contributed by atoms with Gasteiger partial charge in [-0.05, 0) is 31.7 Å². The van der Waals surface area contributed by atoms with Gasteiger partial charge in [0.2, 0.25) is 47.3 Å². The number of primary amides is 1. The number of H-pyrrole nitrogens is 1. The first-order valence-electron chi connectivity index (χ1n) is 21.0. The number of aliphatic hydroxyl groups excluding tert-OH is 2. The van der Waals surface area contributed by atoms with E-state index in [1.807, 2.05) is 5.32 Å². The van der Waals surface area contributed by atoms with Gasteiger partial charge in [-0.3, -0.25) is 47.9 Å². The lowest BCUT2D eigenvalue weighted by Gasteiger charge is -2.29. The minimum atomic E-state index is -1.98. The normalized spacial score (nSPS) is 15.5. The van der Waals surface area contributed by atoms with E-state index in [0.29, 0.717) is 5.56 Å². The van der Waals surface area contributed by atoms with Crippen molar-refractivity contribution in [1.82, 2.24) is 47.2 Å². The Labute approximate surface area is 388 Å². The quantitative estimate of drug-likeness (QED) is 0.0362. The molecule has 0 fully saturated rings. The Morgan fingerprint density at radius 2 is 1.07 bits per heavy atom. The third-order valence-electron chi connectivity index (χ3n) is 9.97. The number of rotatable bonds is 29. The highest BCUT2D eigenvalue weighted by molar-refractivity contribution is 5.99. The number of imidazole rings is 1. The van der Waals surface area contributed by atoms with E-state index in [-0.39, 0.29) is 12.1 Å². The molecule has 1 heterocycles. The highest BCUT2D eigenvalue weighted by Crippen LogP contribution is 2.11. The molecule has 0 aliphatic carbocycles. The Hall–Kier alpha value is -7.52.